The molecule has 2 heterocycles. The van der Waals surface area contributed by atoms with E-state index in [4.69, 9.17) is 14.2 Å². The monoisotopic (exact) mass is 468 g/mol. The number of carbonyl (C=O) groups is 3. The largest absolute Gasteiger partial charge is 0.465 e. The average Bonchev–Trinajstić information content (AvgIpc) is 3.65. The maximum atomic E-state index is 12.4. The third-order valence-electron chi connectivity index (χ3n) is 6.58. The second-order valence-electron chi connectivity index (χ2n) is 8.78. The quantitative estimate of drug-likeness (QED) is 0.390. The molecule has 0 aromatic heterocycles. The van der Waals surface area contributed by atoms with Gasteiger partial charge in [0.15, 0.2) is 0 Å². The molecule has 4 bridgehead atoms. The predicted octanol–water partition coefficient (Wildman–Crippen LogP) is 2.98. The van der Waals surface area contributed by atoms with Crippen LogP contribution in [0.5, 0.6) is 0 Å². The topological polar surface area (TPSA) is 94.2 Å². The van der Waals surface area contributed by atoms with Gasteiger partial charge in [-0.2, -0.15) is 0 Å². The molecule has 8 nitrogen and oxygen atoms in total. The van der Waals surface area contributed by atoms with E-state index >= 15 is 0 Å². The lowest BCUT2D eigenvalue weighted by Gasteiger charge is -2.30. The minimum absolute atomic E-state index is 0.0355. The van der Waals surface area contributed by atoms with Gasteiger partial charge in [0.05, 0.1) is 19.3 Å². The third-order valence-corrected chi connectivity index (χ3v) is 6.58. The number of hydrogen-bond donors (Lipinski definition) is 1. The molecule has 1 aromatic carbocycles. The zero-order chi connectivity index (χ0) is 24.1. The van der Waals surface area contributed by atoms with Crippen LogP contribution in [0.4, 0.5) is 4.79 Å². The van der Waals surface area contributed by atoms with Gasteiger partial charge in [-0.1, -0.05) is 54.6 Å². The summed E-state index contributed by atoms with van der Waals surface area (Å²) in [5.41, 5.74) is 0.920. The summed E-state index contributed by atoms with van der Waals surface area (Å²) in [6.07, 6.45) is 9.56. The van der Waals surface area contributed by atoms with Crippen molar-refractivity contribution in [2.45, 2.75) is 57.5 Å². The Kier molecular flexibility index (Phi) is 7.67. The van der Waals surface area contributed by atoms with E-state index in [0.29, 0.717) is 25.2 Å². The van der Waals surface area contributed by atoms with Crippen molar-refractivity contribution in [1.29, 1.82) is 0 Å². The number of benzene rings is 1. The number of rotatable bonds is 6. The number of fused-ring (bicyclic) bond motifs is 4. The number of esters is 2. The van der Waals surface area contributed by atoms with Gasteiger partial charge in [0.2, 0.25) is 0 Å². The lowest BCUT2D eigenvalue weighted by Crippen LogP contribution is -2.48. The molecule has 0 radical (unpaired) electrons. The SMILES string of the molecule is CCOC(=O)C1C2C=CC(C2)N1C(=O)OCc1ccccc1.CCOC(=O)C1NC2C=CC1C2. The average molecular weight is 469 g/mol. The fourth-order valence-electron chi connectivity index (χ4n) is 5.05. The van der Waals surface area contributed by atoms with Gasteiger partial charge in [-0.05, 0) is 32.3 Å². The molecule has 4 aliphatic rings. The molecular formula is C26H32N2O6. The second-order valence-corrected chi connectivity index (χ2v) is 8.78. The lowest BCUT2D eigenvalue weighted by molar-refractivity contribution is -0.149. The van der Waals surface area contributed by atoms with Crippen LogP contribution >= 0.6 is 0 Å². The van der Waals surface area contributed by atoms with E-state index < -0.39 is 12.1 Å². The molecule has 2 aliphatic carbocycles. The Balaban J connectivity index is 0.000000192. The Labute approximate surface area is 199 Å². The summed E-state index contributed by atoms with van der Waals surface area (Å²) < 4.78 is 15.4. The van der Waals surface area contributed by atoms with Crippen molar-refractivity contribution in [3.05, 3.63) is 60.2 Å². The summed E-state index contributed by atoms with van der Waals surface area (Å²) in [4.78, 5) is 37.3. The van der Waals surface area contributed by atoms with Crippen LogP contribution in [-0.4, -0.2) is 60.3 Å². The van der Waals surface area contributed by atoms with Gasteiger partial charge in [0.25, 0.3) is 0 Å². The van der Waals surface area contributed by atoms with Gasteiger partial charge < -0.3 is 14.2 Å². The Morgan fingerprint density at radius 1 is 0.882 bits per heavy atom. The molecule has 8 heteroatoms. The lowest BCUT2D eigenvalue weighted by atomic mass is 10.0. The van der Waals surface area contributed by atoms with Crippen molar-refractivity contribution in [3.8, 4) is 0 Å². The van der Waals surface area contributed by atoms with Crippen LogP contribution in [0.25, 0.3) is 0 Å². The van der Waals surface area contributed by atoms with Crippen LogP contribution < -0.4 is 5.32 Å². The molecule has 2 aliphatic heterocycles. The van der Waals surface area contributed by atoms with E-state index in [1.54, 1.807) is 6.92 Å². The van der Waals surface area contributed by atoms with Crippen LogP contribution in [0.3, 0.4) is 0 Å². The third kappa shape index (κ3) is 5.17. The molecule has 1 amide bonds. The maximum Gasteiger partial charge on any atom is 0.411 e. The van der Waals surface area contributed by atoms with E-state index in [2.05, 4.69) is 17.5 Å². The number of hydrogen-bond acceptors (Lipinski definition) is 7. The fraction of sp³-hybridized carbons (Fsp3) is 0.500. The molecule has 1 aromatic rings. The number of carbonyl (C=O) groups excluding carboxylic acids is 3. The van der Waals surface area contributed by atoms with Crippen molar-refractivity contribution in [2.75, 3.05) is 13.2 Å². The Morgan fingerprint density at radius 2 is 1.59 bits per heavy atom. The Morgan fingerprint density at radius 3 is 2.24 bits per heavy atom. The van der Waals surface area contributed by atoms with Crippen LogP contribution in [0.2, 0.25) is 0 Å². The first kappa shape index (κ1) is 24.0. The van der Waals surface area contributed by atoms with Gasteiger partial charge in [0.1, 0.15) is 18.7 Å². The molecule has 6 unspecified atom stereocenters. The van der Waals surface area contributed by atoms with Crippen LogP contribution in [0, 0.1) is 11.8 Å². The molecule has 0 spiro atoms. The number of nitrogens with one attached hydrogen (secondary N) is 1. The van der Waals surface area contributed by atoms with Gasteiger partial charge in [-0.25, -0.2) is 9.59 Å². The summed E-state index contributed by atoms with van der Waals surface area (Å²) >= 11 is 0. The number of nitrogens with zero attached hydrogens (tertiary/aromatic N) is 1. The zero-order valence-corrected chi connectivity index (χ0v) is 19.6. The van der Waals surface area contributed by atoms with E-state index in [-0.39, 0.29) is 36.5 Å². The Hall–Kier alpha value is -3.13. The first-order chi connectivity index (χ1) is 16.5. The highest BCUT2D eigenvalue weighted by atomic mass is 16.6. The van der Waals surface area contributed by atoms with Gasteiger partial charge in [0, 0.05) is 17.9 Å². The highest BCUT2D eigenvalue weighted by Crippen LogP contribution is 2.38. The normalized spacial score (nSPS) is 29.5. The van der Waals surface area contributed by atoms with E-state index in [9.17, 15) is 14.4 Å². The van der Waals surface area contributed by atoms with Crippen molar-refractivity contribution in [3.63, 3.8) is 0 Å². The van der Waals surface area contributed by atoms with Crippen LogP contribution in [0.15, 0.2) is 54.6 Å². The summed E-state index contributed by atoms with van der Waals surface area (Å²) in [6.45, 7) is 4.58. The summed E-state index contributed by atoms with van der Waals surface area (Å²) in [6, 6.07) is 9.19. The summed E-state index contributed by atoms with van der Waals surface area (Å²) in [5, 5.41) is 3.21. The van der Waals surface area contributed by atoms with Crippen molar-refractivity contribution >= 4 is 18.0 Å². The molecule has 0 saturated carbocycles. The number of likely N-dealkylation sites (tertiary alicyclic amines) is 1. The zero-order valence-electron chi connectivity index (χ0n) is 19.6. The number of ether oxygens (including phenoxy) is 3. The molecule has 2 saturated heterocycles. The molecule has 6 atom stereocenters. The van der Waals surface area contributed by atoms with E-state index in [1.165, 1.54) is 4.90 Å². The molecule has 34 heavy (non-hydrogen) atoms. The van der Waals surface area contributed by atoms with Crippen molar-refractivity contribution < 1.29 is 28.6 Å². The predicted molar refractivity (Wildman–Crippen MR) is 125 cm³/mol. The molecule has 5 rings (SSSR count). The smallest absolute Gasteiger partial charge is 0.411 e. The van der Waals surface area contributed by atoms with Crippen LogP contribution in [-0.2, 0) is 30.4 Å². The highest BCUT2D eigenvalue weighted by molar-refractivity contribution is 5.84. The molecule has 182 valence electrons. The van der Waals surface area contributed by atoms with E-state index in [1.807, 2.05) is 49.4 Å². The second kappa shape index (κ2) is 10.9. The standard InChI is InChI=1S/C17H19NO4.C9H13NO2/c1-2-21-16(19)15-13-8-9-14(10-13)18(15)17(20)22-11-12-6-4-3-5-7-12;1-2-12-9(11)8-6-3-4-7(5-6)10-8/h3-9,13-15H,2,10-11H2,1H3;3-4,6-8,10H,2,5H2,1H3. The minimum Gasteiger partial charge on any atom is -0.465 e. The Bertz CT molecular complexity index is 946. The molecular weight excluding hydrogens is 436 g/mol. The molecule has 2 fully saturated rings. The number of amides is 1. The summed E-state index contributed by atoms with van der Waals surface area (Å²) in [5.74, 6) is -0.0484. The van der Waals surface area contributed by atoms with Crippen molar-refractivity contribution in [2.24, 2.45) is 11.8 Å². The molecule has 1 N–H and O–H groups in total. The van der Waals surface area contributed by atoms with Crippen molar-refractivity contribution in [1.82, 2.24) is 10.2 Å². The van der Waals surface area contributed by atoms with E-state index in [0.717, 1.165) is 18.4 Å². The van der Waals surface area contributed by atoms with Crippen LogP contribution in [0.1, 0.15) is 32.3 Å². The summed E-state index contributed by atoms with van der Waals surface area (Å²) in [7, 11) is 0. The fourth-order valence-corrected chi connectivity index (χ4v) is 5.05. The first-order valence-electron chi connectivity index (χ1n) is 12.0. The van der Waals surface area contributed by atoms with Gasteiger partial charge in [-0.3, -0.25) is 15.0 Å². The highest BCUT2D eigenvalue weighted by Gasteiger charge is 2.50. The maximum absolute atomic E-state index is 12.4. The van der Waals surface area contributed by atoms with Gasteiger partial charge >= 0.3 is 18.0 Å². The first-order valence-corrected chi connectivity index (χ1v) is 12.0. The minimum atomic E-state index is -0.557. The van der Waals surface area contributed by atoms with Gasteiger partial charge in [-0.15, -0.1) is 0 Å².